The molecule has 1 aromatic heterocycles. The lowest BCUT2D eigenvalue weighted by Gasteiger charge is -2.10. The first-order chi connectivity index (χ1) is 13.0. The van der Waals surface area contributed by atoms with Crippen LogP contribution in [0, 0.1) is 6.92 Å². The number of halogens is 1. The van der Waals surface area contributed by atoms with Gasteiger partial charge in [-0.2, -0.15) is 0 Å². The normalized spacial score (nSPS) is 10.5. The van der Waals surface area contributed by atoms with Crippen molar-refractivity contribution in [2.45, 2.75) is 13.8 Å². The van der Waals surface area contributed by atoms with Crippen LogP contribution in [0.5, 0.6) is 11.5 Å². The molecule has 0 saturated carbocycles. The van der Waals surface area contributed by atoms with Gasteiger partial charge in [0.05, 0.1) is 19.4 Å². The molecule has 140 valence electrons. The fourth-order valence-corrected chi connectivity index (χ4v) is 2.75. The molecule has 0 saturated heterocycles. The van der Waals surface area contributed by atoms with E-state index < -0.39 is 0 Å². The van der Waals surface area contributed by atoms with Gasteiger partial charge in [0.15, 0.2) is 5.69 Å². The molecule has 2 aromatic carbocycles. The maximum Gasteiger partial charge on any atom is 0.278 e. The second-order valence-electron chi connectivity index (χ2n) is 5.66. The first-order valence-corrected chi connectivity index (χ1v) is 8.71. The quantitative estimate of drug-likeness (QED) is 0.695. The Morgan fingerprint density at radius 2 is 1.96 bits per heavy atom. The van der Waals surface area contributed by atoms with Gasteiger partial charge < -0.3 is 14.8 Å². The highest BCUT2D eigenvalue weighted by Gasteiger charge is 2.19. The smallest absolute Gasteiger partial charge is 0.278 e. The van der Waals surface area contributed by atoms with Crippen molar-refractivity contribution in [3.8, 4) is 17.2 Å². The van der Waals surface area contributed by atoms with E-state index in [1.165, 1.54) is 4.68 Å². The lowest BCUT2D eigenvalue weighted by molar-refractivity contribution is 0.102. The van der Waals surface area contributed by atoms with E-state index >= 15 is 0 Å². The molecule has 0 bridgehead atoms. The first-order valence-electron chi connectivity index (χ1n) is 8.34. The van der Waals surface area contributed by atoms with Gasteiger partial charge in [-0.15, -0.1) is 5.10 Å². The number of hydrogen-bond acceptors (Lipinski definition) is 5. The monoisotopic (exact) mass is 386 g/mol. The highest BCUT2D eigenvalue weighted by Crippen LogP contribution is 2.27. The van der Waals surface area contributed by atoms with E-state index in [1.807, 2.05) is 6.92 Å². The molecule has 3 aromatic rings. The molecule has 7 nitrogen and oxygen atoms in total. The number of amides is 1. The van der Waals surface area contributed by atoms with Gasteiger partial charge in [0.2, 0.25) is 0 Å². The van der Waals surface area contributed by atoms with E-state index in [2.05, 4.69) is 15.6 Å². The molecule has 0 aliphatic rings. The summed E-state index contributed by atoms with van der Waals surface area (Å²) >= 11 is 6.08. The molecule has 1 N–H and O–H groups in total. The zero-order valence-electron chi connectivity index (χ0n) is 15.2. The van der Waals surface area contributed by atoms with Crippen LogP contribution in [0.25, 0.3) is 5.69 Å². The number of aromatic nitrogens is 3. The molecule has 0 radical (unpaired) electrons. The topological polar surface area (TPSA) is 78.3 Å². The van der Waals surface area contributed by atoms with Crippen LogP contribution in [0.1, 0.15) is 23.1 Å². The average molecular weight is 387 g/mol. The van der Waals surface area contributed by atoms with Crippen LogP contribution in [0.3, 0.4) is 0 Å². The van der Waals surface area contributed by atoms with Crippen molar-refractivity contribution in [2.24, 2.45) is 0 Å². The largest absolute Gasteiger partial charge is 0.494 e. The molecule has 0 atom stereocenters. The van der Waals surface area contributed by atoms with E-state index in [0.717, 1.165) is 5.75 Å². The molecule has 0 unspecified atom stereocenters. The second kappa shape index (κ2) is 8.09. The number of ether oxygens (including phenoxy) is 2. The van der Waals surface area contributed by atoms with E-state index in [4.69, 9.17) is 21.1 Å². The van der Waals surface area contributed by atoms with E-state index in [9.17, 15) is 4.79 Å². The van der Waals surface area contributed by atoms with Gasteiger partial charge in [0.25, 0.3) is 5.91 Å². The van der Waals surface area contributed by atoms with Crippen LogP contribution in [0.4, 0.5) is 5.69 Å². The molecule has 3 rings (SSSR count). The summed E-state index contributed by atoms with van der Waals surface area (Å²) in [6.45, 7) is 4.26. The van der Waals surface area contributed by atoms with Gasteiger partial charge in [0, 0.05) is 10.7 Å². The Labute approximate surface area is 161 Å². The summed E-state index contributed by atoms with van der Waals surface area (Å²) in [7, 11) is 1.55. The van der Waals surface area contributed by atoms with Gasteiger partial charge in [0.1, 0.15) is 17.2 Å². The van der Waals surface area contributed by atoms with E-state index in [1.54, 1.807) is 56.5 Å². The predicted octanol–water partition coefficient (Wildman–Crippen LogP) is 3.89. The third-order valence-corrected chi connectivity index (χ3v) is 4.14. The van der Waals surface area contributed by atoms with Gasteiger partial charge >= 0.3 is 0 Å². The van der Waals surface area contributed by atoms with Crippen molar-refractivity contribution < 1.29 is 14.3 Å². The Morgan fingerprint density at radius 3 is 2.63 bits per heavy atom. The Bertz CT molecular complexity index is 954. The summed E-state index contributed by atoms with van der Waals surface area (Å²) in [5.41, 5.74) is 2.03. The first kappa shape index (κ1) is 18.7. The van der Waals surface area contributed by atoms with Crippen molar-refractivity contribution in [2.75, 3.05) is 19.0 Å². The molecule has 1 amide bonds. The third kappa shape index (κ3) is 4.03. The van der Waals surface area contributed by atoms with Crippen molar-refractivity contribution >= 4 is 23.2 Å². The molecule has 0 fully saturated rings. The van der Waals surface area contributed by atoms with Crippen molar-refractivity contribution in [1.82, 2.24) is 15.0 Å². The highest BCUT2D eigenvalue weighted by atomic mass is 35.5. The molecule has 0 spiro atoms. The minimum absolute atomic E-state index is 0.214. The van der Waals surface area contributed by atoms with Crippen LogP contribution in [-0.4, -0.2) is 34.6 Å². The van der Waals surface area contributed by atoms with Crippen molar-refractivity contribution in [3.05, 3.63) is 58.9 Å². The Hall–Kier alpha value is -3.06. The Kier molecular flexibility index (Phi) is 5.61. The number of anilines is 1. The summed E-state index contributed by atoms with van der Waals surface area (Å²) in [4.78, 5) is 12.6. The van der Waals surface area contributed by atoms with E-state index in [-0.39, 0.29) is 11.6 Å². The zero-order valence-corrected chi connectivity index (χ0v) is 15.9. The van der Waals surface area contributed by atoms with Crippen LogP contribution in [-0.2, 0) is 0 Å². The molecular weight excluding hydrogens is 368 g/mol. The maximum absolute atomic E-state index is 12.6. The Morgan fingerprint density at radius 1 is 1.22 bits per heavy atom. The zero-order chi connectivity index (χ0) is 19.4. The summed E-state index contributed by atoms with van der Waals surface area (Å²) < 4.78 is 12.3. The van der Waals surface area contributed by atoms with Gasteiger partial charge in [-0.05, 0) is 56.3 Å². The predicted molar refractivity (Wildman–Crippen MR) is 103 cm³/mol. The molecular formula is C19H19ClN4O3. The summed E-state index contributed by atoms with van der Waals surface area (Å²) in [6, 6.07) is 12.3. The van der Waals surface area contributed by atoms with Gasteiger partial charge in [-0.3, -0.25) is 4.79 Å². The number of methoxy groups -OCH3 is 1. The number of carbonyl (C=O) groups excluding carboxylic acids is 1. The molecule has 27 heavy (non-hydrogen) atoms. The SMILES string of the molecule is CCOc1ccc(NC(=O)c2nnn(-c3cc(Cl)ccc3OC)c2C)cc1. The molecule has 1 heterocycles. The van der Waals surface area contributed by atoms with Gasteiger partial charge in [-0.1, -0.05) is 16.8 Å². The van der Waals surface area contributed by atoms with Crippen LogP contribution in [0.2, 0.25) is 5.02 Å². The highest BCUT2D eigenvalue weighted by molar-refractivity contribution is 6.30. The number of benzene rings is 2. The second-order valence-corrected chi connectivity index (χ2v) is 6.10. The fraction of sp³-hybridized carbons (Fsp3) is 0.211. The number of hydrogen-bond donors (Lipinski definition) is 1. The van der Waals surface area contributed by atoms with Crippen LogP contribution < -0.4 is 14.8 Å². The fourth-order valence-electron chi connectivity index (χ4n) is 2.59. The molecule has 0 aliphatic heterocycles. The lowest BCUT2D eigenvalue weighted by atomic mass is 10.2. The number of carbonyl (C=O) groups is 1. The van der Waals surface area contributed by atoms with Gasteiger partial charge in [-0.25, -0.2) is 4.68 Å². The van der Waals surface area contributed by atoms with Crippen LogP contribution >= 0.6 is 11.6 Å². The van der Waals surface area contributed by atoms with Crippen molar-refractivity contribution in [1.29, 1.82) is 0 Å². The molecule has 8 heteroatoms. The maximum atomic E-state index is 12.6. The average Bonchev–Trinajstić information content (AvgIpc) is 3.05. The standard InChI is InChI=1S/C19H19ClN4O3/c1-4-27-15-8-6-14(7-9-15)21-19(25)18-12(2)24(23-22-18)16-11-13(20)5-10-17(16)26-3/h5-11H,4H2,1-3H3,(H,21,25). The molecule has 0 aliphatic carbocycles. The van der Waals surface area contributed by atoms with Crippen molar-refractivity contribution in [3.63, 3.8) is 0 Å². The summed E-state index contributed by atoms with van der Waals surface area (Å²) in [6.07, 6.45) is 0. The minimum Gasteiger partial charge on any atom is -0.494 e. The summed E-state index contributed by atoms with van der Waals surface area (Å²) in [5.74, 6) is 0.959. The number of nitrogens with one attached hydrogen (secondary N) is 1. The lowest BCUT2D eigenvalue weighted by Crippen LogP contribution is -2.14. The number of rotatable bonds is 6. The minimum atomic E-state index is -0.357. The summed E-state index contributed by atoms with van der Waals surface area (Å²) in [5, 5.41) is 11.4. The third-order valence-electron chi connectivity index (χ3n) is 3.90. The van der Waals surface area contributed by atoms with E-state index in [0.29, 0.717) is 34.4 Å². The number of nitrogens with zero attached hydrogens (tertiary/aromatic N) is 3. The van der Waals surface area contributed by atoms with Crippen LogP contribution in [0.15, 0.2) is 42.5 Å². The Balaban J connectivity index is 1.84.